The monoisotopic (exact) mass is 379 g/mol. The second kappa shape index (κ2) is 8.63. The maximum Gasteiger partial charge on any atom is 0.226 e. The van der Waals surface area contributed by atoms with Crippen LogP contribution in [0, 0.1) is 0 Å². The first-order chi connectivity index (χ1) is 13.3. The summed E-state index contributed by atoms with van der Waals surface area (Å²) in [5.41, 5.74) is 3.32. The van der Waals surface area contributed by atoms with Crippen molar-refractivity contribution in [2.45, 2.75) is 19.5 Å². The Morgan fingerprint density at radius 1 is 1.04 bits per heavy atom. The lowest BCUT2D eigenvalue weighted by Gasteiger charge is -2.26. The third-order valence-electron chi connectivity index (χ3n) is 4.98. The molecular weight excluding hydrogens is 354 g/mol. The molecule has 1 aliphatic heterocycles. The van der Waals surface area contributed by atoms with Crippen LogP contribution < -0.4 is 5.32 Å². The summed E-state index contributed by atoms with van der Waals surface area (Å²) in [7, 11) is 0. The number of hydrogen-bond acceptors (Lipinski definition) is 3. The number of aromatic nitrogens is 1. The Morgan fingerprint density at radius 2 is 1.89 bits per heavy atom. The van der Waals surface area contributed by atoms with Crippen molar-refractivity contribution in [1.82, 2.24) is 9.47 Å². The van der Waals surface area contributed by atoms with E-state index in [2.05, 4.69) is 51.3 Å². The number of carbonyl (C=O) groups excluding carboxylic acids is 1. The lowest BCUT2D eigenvalue weighted by molar-refractivity contribution is -0.116. The fourth-order valence-electron chi connectivity index (χ4n) is 3.55. The largest absolute Gasteiger partial charge is 0.347 e. The van der Waals surface area contributed by atoms with Crippen LogP contribution in [0.15, 0.2) is 60.8 Å². The molecule has 0 atom stereocenters. The van der Waals surface area contributed by atoms with E-state index < -0.39 is 0 Å². The Balaban J connectivity index is 1.33. The van der Waals surface area contributed by atoms with E-state index in [9.17, 15) is 4.79 Å². The summed E-state index contributed by atoms with van der Waals surface area (Å²) >= 11 is 2.02. The number of aryl methyl sites for hydroxylation is 1. The van der Waals surface area contributed by atoms with E-state index in [1.807, 2.05) is 36.0 Å². The van der Waals surface area contributed by atoms with Crippen molar-refractivity contribution in [2.75, 3.05) is 29.9 Å². The molecule has 2 aromatic carbocycles. The number of fused-ring (bicyclic) bond motifs is 1. The van der Waals surface area contributed by atoms with Crippen molar-refractivity contribution in [3.63, 3.8) is 0 Å². The number of nitrogens with zero attached hydrogens (tertiary/aromatic N) is 2. The van der Waals surface area contributed by atoms with Crippen LogP contribution in [0.2, 0.25) is 0 Å². The van der Waals surface area contributed by atoms with E-state index in [4.69, 9.17) is 0 Å². The maximum atomic E-state index is 12.4. The molecular formula is C22H25N3OS. The number of anilines is 1. The summed E-state index contributed by atoms with van der Waals surface area (Å²) in [6.07, 6.45) is 2.52. The molecule has 0 radical (unpaired) electrons. The van der Waals surface area contributed by atoms with Crippen LogP contribution in [0.4, 0.5) is 5.69 Å². The van der Waals surface area contributed by atoms with Gasteiger partial charge in [-0.1, -0.05) is 30.3 Å². The molecule has 1 saturated heterocycles. The van der Waals surface area contributed by atoms with E-state index in [-0.39, 0.29) is 5.91 Å². The summed E-state index contributed by atoms with van der Waals surface area (Å²) in [4.78, 5) is 14.9. The van der Waals surface area contributed by atoms with Crippen LogP contribution in [0.3, 0.4) is 0 Å². The number of para-hydroxylation sites is 1. The predicted octanol–water partition coefficient (Wildman–Crippen LogP) is 4.22. The molecule has 2 heterocycles. The number of carbonyl (C=O) groups is 1. The number of hydrogen-bond donors (Lipinski definition) is 1. The Bertz CT molecular complexity index is 915. The molecule has 27 heavy (non-hydrogen) atoms. The van der Waals surface area contributed by atoms with Gasteiger partial charge in [0.15, 0.2) is 0 Å². The topological polar surface area (TPSA) is 37.3 Å². The number of nitrogens with one attached hydrogen (secondary N) is 1. The first-order valence-corrected chi connectivity index (χ1v) is 10.7. The van der Waals surface area contributed by atoms with Crippen molar-refractivity contribution in [2.24, 2.45) is 0 Å². The van der Waals surface area contributed by atoms with Gasteiger partial charge in [0, 0.05) is 61.5 Å². The molecule has 0 bridgehead atoms. The Kier molecular flexibility index (Phi) is 5.80. The molecule has 0 unspecified atom stereocenters. The number of rotatable bonds is 6. The standard InChI is InChI=1S/C22H25N3OS/c26-22(9-11-25-10-8-19-5-1-2-7-21(19)25)23-20-6-3-4-18(16-20)17-24-12-14-27-15-13-24/h1-8,10,16H,9,11-15,17H2,(H,23,26). The average Bonchev–Trinajstić information content (AvgIpc) is 3.11. The second-order valence-electron chi connectivity index (χ2n) is 6.96. The third-order valence-corrected chi connectivity index (χ3v) is 5.92. The van der Waals surface area contributed by atoms with Crippen molar-refractivity contribution in [1.29, 1.82) is 0 Å². The van der Waals surface area contributed by atoms with Crippen LogP contribution >= 0.6 is 11.8 Å². The van der Waals surface area contributed by atoms with Crippen molar-refractivity contribution < 1.29 is 4.79 Å². The zero-order chi connectivity index (χ0) is 18.5. The maximum absolute atomic E-state index is 12.4. The zero-order valence-corrected chi connectivity index (χ0v) is 16.3. The molecule has 0 spiro atoms. The van der Waals surface area contributed by atoms with Gasteiger partial charge < -0.3 is 9.88 Å². The van der Waals surface area contributed by atoms with E-state index in [0.717, 1.165) is 25.3 Å². The molecule has 4 nitrogen and oxygen atoms in total. The van der Waals surface area contributed by atoms with E-state index in [0.29, 0.717) is 13.0 Å². The molecule has 1 amide bonds. The van der Waals surface area contributed by atoms with Crippen LogP contribution in [-0.4, -0.2) is 40.0 Å². The molecule has 0 saturated carbocycles. The van der Waals surface area contributed by atoms with Gasteiger partial charge in [0.2, 0.25) is 5.91 Å². The highest BCUT2D eigenvalue weighted by molar-refractivity contribution is 7.99. The molecule has 3 aromatic rings. The lowest BCUT2D eigenvalue weighted by Crippen LogP contribution is -2.31. The Hall–Kier alpha value is -2.24. The summed E-state index contributed by atoms with van der Waals surface area (Å²) in [6.45, 7) is 3.93. The fourth-order valence-corrected chi connectivity index (χ4v) is 4.52. The van der Waals surface area contributed by atoms with Gasteiger partial charge in [-0.25, -0.2) is 0 Å². The highest BCUT2D eigenvalue weighted by Gasteiger charge is 2.11. The number of thioether (sulfide) groups is 1. The minimum Gasteiger partial charge on any atom is -0.347 e. The van der Waals surface area contributed by atoms with E-state index >= 15 is 0 Å². The normalized spacial score (nSPS) is 15.1. The Labute approximate surface area is 164 Å². The minimum absolute atomic E-state index is 0.0549. The van der Waals surface area contributed by atoms with Crippen LogP contribution in [0.1, 0.15) is 12.0 Å². The van der Waals surface area contributed by atoms with Crippen LogP contribution in [-0.2, 0) is 17.9 Å². The molecule has 1 aromatic heterocycles. The first-order valence-electron chi connectivity index (χ1n) is 9.51. The quantitative estimate of drug-likeness (QED) is 0.697. The lowest BCUT2D eigenvalue weighted by atomic mass is 10.2. The Morgan fingerprint density at radius 3 is 2.78 bits per heavy atom. The summed E-state index contributed by atoms with van der Waals surface area (Å²) < 4.78 is 2.14. The number of amides is 1. The SMILES string of the molecule is O=C(CCn1ccc2ccccc21)Nc1cccc(CN2CCSCC2)c1. The second-order valence-corrected chi connectivity index (χ2v) is 8.18. The molecule has 4 rings (SSSR count). The van der Waals surface area contributed by atoms with Gasteiger partial charge in [0.1, 0.15) is 0 Å². The predicted molar refractivity (Wildman–Crippen MR) is 114 cm³/mol. The molecule has 1 aliphatic rings. The van der Waals surface area contributed by atoms with Gasteiger partial charge >= 0.3 is 0 Å². The van der Waals surface area contributed by atoms with Gasteiger partial charge in [-0.05, 0) is 35.2 Å². The third kappa shape index (κ3) is 4.73. The molecule has 1 fully saturated rings. The molecule has 0 aliphatic carbocycles. The van der Waals surface area contributed by atoms with Gasteiger partial charge in [0.05, 0.1) is 0 Å². The summed E-state index contributed by atoms with van der Waals surface area (Å²) in [5.74, 6) is 2.48. The molecule has 140 valence electrons. The smallest absolute Gasteiger partial charge is 0.226 e. The van der Waals surface area contributed by atoms with Crippen LogP contribution in [0.25, 0.3) is 10.9 Å². The first kappa shape index (κ1) is 18.1. The van der Waals surface area contributed by atoms with Gasteiger partial charge in [0.25, 0.3) is 0 Å². The molecule has 5 heteroatoms. The highest BCUT2D eigenvalue weighted by Crippen LogP contribution is 2.17. The van der Waals surface area contributed by atoms with Gasteiger partial charge in [-0.3, -0.25) is 9.69 Å². The minimum atomic E-state index is 0.0549. The highest BCUT2D eigenvalue weighted by atomic mass is 32.2. The van der Waals surface area contributed by atoms with Crippen molar-refractivity contribution in [3.05, 3.63) is 66.4 Å². The molecule has 1 N–H and O–H groups in total. The van der Waals surface area contributed by atoms with Gasteiger partial charge in [-0.15, -0.1) is 0 Å². The summed E-state index contributed by atoms with van der Waals surface area (Å²) in [6, 6.07) is 18.6. The fraction of sp³-hybridized carbons (Fsp3) is 0.318. The van der Waals surface area contributed by atoms with Crippen molar-refractivity contribution >= 4 is 34.3 Å². The summed E-state index contributed by atoms with van der Waals surface area (Å²) in [5, 5.41) is 4.27. The van der Waals surface area contributed by atoms with Crippen molar-refractivity contribution in [3.8, 4) is 0 Å². The van der Waals surface area contributed by atoms with E-state index in [1.165, 1.54) is 28.0 Å². The van der Waals surface area contributed by atoms with Crippen LogP contribution in [0.5, 0.6) is 0 Å². The number of benzene rings is 2. The van der Waals surface area contributed by atoms with Gasteiger partial charge in [-0.2, -0.15) is 11.8 Å². The van der Waals surface area contributed by atoms with E-state index in [1.54, 1.807) is 0 Å². The zero-order valence-electron chi connectivity index (χ0n) is 15.4. The average molecular weight is 380 g/mol.